The lowest BCUT2D eigenvalue weighted by molar-refractivity contribution is -0.181. The van der Waals surface area contributed by atoms with Crippen molar-refractivity contribution < 1.29 is 9.47 Å². The maximum absolute atomic E-state index is 12.2. The number of nitrogens with one attached hydrogen (secondary N) is 1. The molecule has 8 heteroatoms. The molecular weight excluding hydrogens is 274 g/mol. The van der Waals surface area contributed by atoms with Crippen LogP contribution in [-0.2, 0) is 9.47 Å². The van der Waals surface area contributed by atoms with E-state index in [-0.39, 0.29) is 11.7 Å². The molecular formula is C13H17N5O3. The molecule has 1 aliphatic carbocycles. The Balaban J connectivity index is 1.67. The van der Waals surface area contributed by atoms with Crippen LogP contribution >= 0.6 is 0 Å². The number of rotatable bonds is 1. The molecule has 1 saturated heterocycles. The molecule has 1 saturated carbocycles. The highest BCUT2D eigenvalue weighted by Gasteiger charge is 2.41. The van der Waals surface area contributed by atoms with E-state index in [0.717, 1.165) is 25.7 Å². The second-order valence-corrected chi connectivity index (χ2v) is 5.60. The normalized spacial score (nSPS) is 22.3. The van der Waals surface area contributed by atoms with Gasteiger partial charge in [-0.25, -0.2) is 14.8 Å². The lowest BCUT2D eigenvalue weighted by Crippen LogP contribution is -2.37. The van der Waals surface area contributed by atoms with E-state index < -0.39 is 5.79 Å². The maximum atomic E-state index is 12.2. The quantitative estimate of drug-likeness (QED) is 0.794. The van der Waals surface area contributed by atoms with E-state index >= 15 is 0 Å². The van der Waals surface area contributed by atoms with Gasteiger partial charge in [-0.3, -0.25) is 4.57 Å². The minimum atomic E-state index is -0.430. The predicted octanol–water partition coefficient (Wildman–Crippen LogP) is 0.560. The third kappa shape index (κ3) is 1.94. The van der Waals surface area contributed by atoms with Gasteiger partial charge < -0.3 is 20.2 Å². The number of hydrogen-bond acceptors (Lipinski definition) is 6. The lowest BCUT2D eigenvalue weighted by Gasteiger charge is -2.35. The molecule has 8 nitrogen and oxygen atoms in total. The smallest absolute Gasteiger partial charge is 0.328 e. The highest BCUT2D eigenvalue weighted by atomic mass is 16.7. The van der Waals surface area contributed by atoms with Gasteiger partial charge in [0.25, 0.3) is 0 Å². The predicted molar refractivity (Wildman–Crippen MR) is 74.7 cm³/mol. The first kappa shape index (κ1) is 12.8. The van der Waals surface area contributed by atoms with Crippen LogP contribution in [0.15, 0.2) is 11.1 Å². The molecule has 2 fully saturated rings. The fourth-order valence-electron chi connectivity index (χ4n) is 3.38. The van der Waals surface area contributed by atoms with E-state index in [9.17, 15) is 4.79 Å². The standard InChI is InChI=1S/C13H17N5O3/c14-10-9-11(16-7-15-10)18(12(19)17-9)8-1-3-13(4-2-8)20-5-6-21-13/h7-8H,1-6H2,(H,17,19)(H2,14,15,16). The average Bonchev–Trinajstić information content (AvgIpc) is 3.06. The van der Waals surface area contributed by atoms with Gasteiger partial charge in [-0.05, 0) is 12.8 Å². The first-order chi connectivity index (χ1) is 10.2. The van der Waals surface area contributed by atoms with Gasteiger partial charge >= 0.3 is 5.69 Å². The number of anilines is 1. The first-order valence-electron chi connectivity index (χ1n) is 7.17. The molecule has 1 spiro atoms. The molecule has 0 amide bonds. The summed E-state index contributed by atoms with van der Waals surface area (Å²) in [5.74, 6) is -0.133. The highest BCUT2D eigenvalue weighted by Crippen LogP contribution is 2.40. The number of fused-ring (bicyclic) bond motifs is 1. The fourth-order valence-corrected chi connectivity index (χ4v) is 3.38. The molecule has 0 radical (unpaired) electrons. The zero-order valence-electron chi connectivity index (χ0n) is 11.5. The molecule has 0 aromatic carbocycles. The Kier molecular flexibility index (Phi) is 2.76. The van der Waals surface area contributed by atoms with E-state index in [0.29, 0.717) is 30.2 Å². The first-order valence-corrected chi connectivity index (χ1v) is 7.17. The summed E-state index contributed by atoms with van der Waals surface area (Å²) in [5.41, 5.74) is 6.68. The number of nitrogens with two attached hydrogens (primary N) is 1. The van der Waals surface area contributed by atoms with Gasteiger partial charge in [0.1, 0.15) is 11.8 Å². The molecule has 0 bridgehead atoms. The maximum Gasteiger partial charge on any atom is 0.328 e. The molecule has 21 heavy (non-hydrogen) atoms. The van der Waals surface area contributed by atoms with Crippen LogP contribution < -0.4 is 11.4 Å². The Bertz CT molecular complexity index is 721. The molecule has 112 valence electrons. The van der Waals surface area contributed by atoms with Crippen molar-refractivity contribution in [3.8, 4) is 0 Å². The van der Waals surface area contributed by atoms with Gasteiger partial charge in [0.2, 0.25) is 0 Å². The molecule has 3 N–H and O–H groups in total. The third-order valence-electron chi connectivity index (χ3n) is 4.43. The molecule has 0 atom stereocenters. The Morgan fingerprint density at radius 3 is 2.71 bits per heavy atom. The van der Waals surface area contributed by atoms with Crippen LogP contribution in [0.4, 0.5) is 5.82 Å². The van der Waals surface area contributed by atoms with Crippen molar-refractivity contribution in [2.24, 2.45) is 0 Å². The van der Waals surface area contributed by atoms with E-state index in [1.165, 1.54) is 6.33 Å². The minimum absolute atomic E-state index is 0.0824. The van der Waals surface area contributed by atoms with Crippen LogP contribution in [0.5, 0.6) is 0 Å². The summed E-state index contributed by atoms with van der Waals surface area (Å²) in [6, 6.07) is 0.0824. The third-order valence-corrected chi connectivity index (χ3v) is 4.43. The molecule has 0 unspecified atom stereocenters. The summed E-state index contributed by atoms with van der Waals surface area (Å²) < 4.78 is 13.1. The van der Waals surface area contributed by atoms with Crippen molar-refractivity contribution in [1.82, 2.24) is 19.5 Å². The summed E-state index contributed by atoms with van der Waals surface area (Å²) in [7, 11) is 0. The summed E-state index contributed by atoms with van der Waals surface area (Å²) in [5, 5.41) is 0. The minimum Gasteiger partial charge on any atom is -0.382 e. The lowest BCUT2D eigenvalue weighted by atomic mass is 9.90. The van der Waals surface area contributed by atoms with Crippen molar-refractivity contribution in [3.05, 3.63) is 16.8 Å². The van der Waals surface area contributed by atoms with Gasteiger partial charge in [-0.1, -0.05) is 0 Å². The number of ether oxygens (including phenoxy) is 2. The summed E-state index contributed by atoms with van der Waals surface area (Å²) in [6.07, 6.45) is 4.59. The topological polar surface area (TPSA) is 108 Å². The number of H-pyrrole nitrogens is 1. The molecule has 4 rings (SSSR count). The molecule has 2 aromatic rings. The second-order valence-electron chi connectivity index (χ2n) is 5.60. The van der Waals surface area contributed by atoms with Crippen molar-refractivity contribution in [3.63, 3.8) is 0 Å². The van der Waals surface area contributed by atoms with Crippen LogP contribution in [0.25, 0.3) is 11.2 Å². The van der Waals surface area contributed by atoms with E-state index in [2.05, 4.69) is 15.0 Å². The highest BCUT2D eigenvalue weighted by molar-refractivity contribution is 5.81. The Morgan fingerprint density at radius 2 is 2.00 bits per heavy atom. The van der Waals surface area contributed by atoms with Gasteiger partial charge in [-0.2, -0.15) is 0 Å². The second kappa shape index (κ2) is 4.54. The van der Waals surface area contributed by atoms with Crippen molar-refractivity contribution in [1.29, 1.82) is 0 Å². The van der Waals surface area contributed by atoms with Gasteiger partial charge in [-0.15, -0.1) is 0 Å². The van der Waals surface area contributed by atoms with Crippen LogP contribution in [0.3, 0.4) is 0 Å². The Morgan fingerprint density at radius 1 is 1.29 bits per heavy atom. The fraction of sp³-hybridized carbons (Fsp3) is 0.615. The van der Waals surface area contributed by atoms with Gasteiger partial charge in [0, 0.05) is 18.9 Å². The summed E-state index contributed by atoms with van der Waals surface area (Å²) in [6.45, 7) is 1.31. The number of nitrogen functional groups attached to an aromatic ring is 1. The molecule has 2 aromatic heterocycles. The molecule has 3 heterocycles. The van der Waals surface area contributed by atoms with Crippen molar-refractivity contribution in [2.45, 2.75) is 37.5 Å². The number of aromatic nitrogens is 4. The Hall–Kier alpha value is -1.93. The van der Waals surface area contributed by atoms with Crippen molar-refractivity contribution in [2.75, 3.05) is 18.9 Å². The Labute approximate surface area is 120 Å². The number of aromatic amines is 1. The SMILES string of the molecule is Nc1ncnc2c1[nH]c(=O)n2C1CCC2(CC1)OCCO2. The van der Waals surface area contributed by atoms with Crippen LogP contribution in [0, 0.1) is 0 Å². The number of hydrogen-bond donors (Lipinski definition) is 2. The van der Waals surface area contributed by atoms with Gasteiger partial charge in [0.05, 0.1) is 13.2 Å². The molecule has 2 aliphatic rings. The van der Waals surface area contributed by atoms with Gasteiger partial charge in [0.15, 0.2) is 17.3 Å². The monoisotopic (exact) mass is 291 g/mol. The van der Waals surface area contributed by atoms with Crippen molar-refractivity contribution >= 4 is 17.0 Å². The summed E-state index contributed by atoms with van der Waals surface area (Å²) in [4.78, 5) is 23.1. The molecule has 1 aliphatic heterocycles. The van der Waals surface area contributed by atoms with E-state index in [4.69, 9.17) is 15.2 Å². The van der Waals surface area contributed by atoms with E-state index in [1.54, 1.807) is 4.57 Å². The summed E-state index contributed by atoms with van der Waals surface area (Å²) >= 11 is 0. The largest absolute Gasteiger partial charge is 0.382 e. The zero-order valence-corrected chi connectivity index (χ0v) is 11.5. The van der Waals surface area contributed by atoms with E-state index in [1.807, 2.05) is 0 Å². The van der Waals surface area contributed by atoms with Crippen LogP contribution in [0.2, 0.25) is 0 Å². The van der Waals surface area contributed by atoms with Crippen LogP contribution in [0.1, 0.15) is 31.7 Å². The number of imidazole rings is 1. The number of nitrogens with zero attached hydrogens (tertiary/aromatic N) is 3. The van der Waals surface area contributed by atoms with Crippen LogP contribution in [-0.4, -0.2) is 38.5 Å². The zero-order chi connectivity index (χ0) is 14.4. The average molecular weight is 291 g/mol.